The molecule has 0 spiro atoms. The summed E-state index contributed by atoms with van der Waals surface area (Å²) in [5, 5.41) is 9.99. The molecule has 6 heteroatoms. The summed E-state index contributed by atoms with van der Waals surface area (Å²) in [6.07, 6.45) is 3.16. The van der Waals surface area contributed by atoms with Gasteiger partial charge in [0.2, 0.25) is 0 Å². The second-order valence-electron chi connectivity index (χ2n) is 4.70. The monoisotopic (exact) mass is 410 g/mol. The van der Waals surface area contributed by atoms with Crippen LogP contribution in [-0.2, 0) is 6.42 Å². The first-order valence-electron chi connectivity index (χ1n) is 7.11. The number of thiazole rings is 1. The Labute approximate surface area is 143 Å². The van der Waals surface area contributed by atoms with E-state index in [-0.39, 0.29) is 24.0 Å². The normalized spacial score (nSPS) is 12.7. The highest BCUT2D eigenvalue weighted by atomic mass is 127. The summed E-state index contributed by atoms with van der Waals surface area (Å²) < 4.78 is 0. The van der Waals surface area contributed by atoms with Gasteiger partial charge in [-0.05, 0) is 33.6 Å². The van der Waals surface area contributed by atoms with E-state index in [1.54, 1.807) is 11.3 Å². The molecule has 2 N–H and O–H groups in total. The van der Waals surface area contributed by atoms with Gasteiger partial charge < -0.3 is 10.6 Å². The molecule has 0 saturated carbocycles. The molecule has 116 valence electrons. The van der Waals surface area contributed by atoms with E-state index >= 15 is 0 Å². The lowest BCUT2D eigenvalue weighted by molar-refractivity contribution is 0.623. The van der Waals surface area contributed by atoms with Gasteiger partial charge in [-0.3, -0.25) is 4.99 Å². The van der Waals surface area contributed by atoms with Gasteiger partial charge in [-0.1, -0.05) is 6.92 Å². The molecule has 1 aromatic rings. The summed E-state index contributed by atoms with van der Waals surface area (Å²) in [7, 11) is 0. The van der Waals surface area contributed by atoms with E-state index in [9.17, 15) is 0 Å². The fourth-order valence-electron chi connectivity index (χ4n) is 1.59. The first-order chi connectivity index (χ1) is 9.15. The van der Waals surface area contributed by atoms with Crippen molar-refractivity contribution in [2.24, 2.45) is 4.99 Å². The number of rotatable bonds is 7. The third kappa shape index (κ3) is 8.04. The van der Waals surface area contributed by atoms with Crippen LogP contribution in [0.25, 0.3) is 0 Å². The Kier molecular flexibility index (Phi) is 11.1. The molecule has 20 heavy (non-hydrogen) atoms. The first-order valence-corrected chi connectivity index (χ1v) is 7.99. The average Bonchev–Trinajstić information content (AvgIpc) is 2.80. The van der Waals surface area contributed by atoms with E-state index in [1.165, 1.54) is 5.01 Å². The maximum absolute atomic E-state index is 4.59. The SMILES string of the molecule is CCNC(=NCCCc1nc(C)cs1)NC(C)CC.I. The smallest absolute Gasteiger partial charge is 0.191 e. The van der Waals surface area contributed by atoms with Crippen molar-refractivity contribution in [3.8, 4) is 0 Å². The van der Waals surface area contributed by atoms with Crippen molar-refractivity contribution in [3.05, 3.63) is 16.1 Å². The second-order valence-corrected chi connectivity index (χ2v) is 5.64. The van der Waals surface area contributed by atoms with E-state index in [2.05, 4.69) is 46.8 Å². The fourth-order valence-corrected chi connectivity index (χ4v) is 2.41. The minimum absolute atomic E-state index is 0. The number of aryl methyl sites for hydroxylation is 2. The summed E-state index contributed by atoms with van der Waals surface area (Å²) in [6.45, 7) is 10.2. The summed E-state index contributed by atoms with van der Waals surface area (Å²) in [5.74, 6) is 0.923. The van der Waals surface area contributed by atoms with Crippen LogP contribution in [0.4, 0.5) is 0 Å². The molecule has 0 fully saturated rings. The van der Waals surface area contributed by atoms with Crippen molar-refractivity contribution in [2.75, 3.05) is 13.1 Å². The van der Waals surface area contributed by atoms with Crippen molar-refractivity contribution in [2.45, 2.75) is 53.0 Å². The van der Waals surface area contributed by atoms with Gasteiger partial charge in [0.1, 0.15) is 0 Å². The minimum atomic E-state index is 0. The number of halogens is 1. The Morgan fingerprint density at radius 2 is 2.20 bits per heavy atom. The number of aliphatic imine (C=N–C) groups is 1. The summed E-state index contributed by atoms with van der Waals surface area (Å²) in [4.78, 5) is 9.06. The molecular formula is C14H27IN4S. The van der Waals surface area contributed by atoms with Crippen molar-refractivity contribution in [3.63, 3.8) is 0 Å². The third-order valence-electron chi connectivity index (χ3n) is 2.82. The summed E-state index contributed by atoms with van der Waals surface area (Å²) in [6, 6.07) is 0.458. The van der Waals surface area contributed by atoms with Gasteiger partial charge in [-0.15, -0.1) is 35.3 Å². The zero-order chi connectivity index (χ0) is 14.1. The van der Waals surface area contributed by atoms with Gasteiger partial charge in [0.05, 0.1) is 5.01 Å². The van der Waals surface area contributed by atoms with Crippen molar-refractivity contribution < 1.29 is 0 Å². The predicted octanol–water partition coefficient (Wildman–Crippen LogP) is 3.36. The maximum atomic E-state index is 4.59. The second kappa shape index (κ2) is 11.3. The highest BCUT2D eigenvalue weighted by Gasteiger charge is 2.02. The van der Waals surface area contributed by atoms with Crippen LogP contribution in [0.5, 0.6) is 0 Å². The lowest BCUT2D eigenvalue weighted by Gasteiger charge is -2.16. The maximum Gasteiger partial charge on any atom is 0.191 e. The Bertz CT molecular complexity index is 392. The molecule has 0 radical (unpaired) electrons. The Balaban J connectivity index is 0.00000361. The van der Waals surface area contributed by atoms with E-state index in [4.69, 9.17) is 0 Å². The van der Waals surface area contributed by atoms with E-state index < -0.39 is 0 Å². The molecule has 1 heterocycles. The molecule has 4 nitrogen and oxygen atoms in total. The zero-order valence-electron chi connectivity index (χ0n) is 12.9. The van der Waals surface area contributed by atoms with Crippen LogP contribution in [0.3, 0.4) is 0 Å². The predicted molar refractivity (Wildman–Crippen MR) is 99.5 cm³/mol. The molecule has 0 aliphatic heterocycles. The lowest BCUT2D eigenvalue weighted by Crippen LogP contribution is -2.42. The third-order valence-corrected chi connectivity index (χ3v) is 3.85. The number of guanidine groups is 1. The van der Waals surface area contributed by atoms with Crippen LogP contribution in [0.2, 0.25) is 0 Å². The molecule has 1 atom stereocenters. The van der Waals surface area contributed by atoms with Crippen molar-refractivity contribution in [1.29, 1.82) is 0 Å². The minimum Gasteiger partial charge on any atom is -0.357 e. The van der Waals surface area contributed by atoms with Crippen LogP contribution in [0.15, 0.2) is 10.4 Å². The largest absolute Gasteiger partial charge is 0.357 e. The fraction of sp³-hybridized carbons (Fsp3) is 0.714. The van der Waals surface area contributed by atoms with Gasteiger partial charge in [0, 0.05) is 36.6 Å². The van der Waals surface area contributed by atoms with Crippen molar-refractivity contribution in [1.82, 2.24) is 15.6 Å². The van der Waals surface area contributed by atoms with E-state index in [1.807, 2.05) is 6.92 Å². The van der Waals surface area contributed by atoms with Gasteiger partial charge in [-0.25, -0.2) is 4.98 Å². The number of aromatic nitrogens is 1. The van der Waals surface area contributed by atoms with Crippen LogP contribution in [0, 0.1) is 6.92 Å². The van der Waals surface area contributed by atoms with Gasteiger partial charge in [-0.2, -0.15) is 0 Å². The lowest BCUT2D eigenvalue weighted by atomic mass is 10.3. The summed E-state index contributed by atoms with van der Waals surface area (Å²) >= 11 is 1.74. The Hall–Kier alpha value is -0.370. The Morgan fingerprint density at radius 3 is 2.75 bits per heavy atom. The first kappa shape index (κ1) is 19.6. The molecule has 1 unspecified atom stereocenters. The van der Waals surface area contributed by atoms with Crippen molar-refractivity contribution >= 4 is 41.3 Å². The number of hydrogen-bond donors (Lipinski definition) is 2. The molecule has 0 saturated heterocycles. The zero-order valence-corrected chi connectivity index (χ0v) is 16.0. The van der Waals surface area contributed by atoms with Crippen LogP contribution in [0.1, 0.15) is 44.3 Å². The molecule has 0 aliphatic carbocycles. The molecular weight excluding hydrogens is 383 g/mol. The number of nitrogens with zero attached hydrogens (tertiary/aromatic N) is 2. The summed E-state index contributed by atoms with van der Waals surface area (Å²) in [5.41, 5.74) is 1.12. The van der Waals surface area contributed by atoms with Crippen LogP contribution >= 0.6 is 35.3 Å². The molecule has 0 aliphatic rings. The molecule has 0 bridgehead atoms. The number of hydrogen-bond acceptors (Lipinski definition) is 3. The highest BCUT2D eigenvalue weighted by Crippen LogP contribution is 2.10. The molecule has 1 aromatic heterocycles. The topological polar surface area (TPSA) is 49.3 Å². The molecule has 0 amide bonds. The molecule has 1 rings (SSSR count). The Morgan fingerprint density at radius 1 is 1.45 bits per heavy atom. The van der Waals surface area contributed by atoms with E-state index in [0.29, 0.717) is 6.04 Å². The number of nitrogens with one attached hydrogen (secondary N) is 2. The quantitative estimate of drug-likeness (QED) is 0.314. The standard InChI is InChI=1S/C14H26N4S.HI/c1-5-11(3)18-14(15-6-2)16-9-7-8-13-17-12(4)10-19-13;/h10-11H,5-9H2,1-4H3,(H2,15,16,18);1H. The highest BCUT2D eigenvalue weighted by molar-refractivity contribution is 14.0. The average molecular weight is 410 g/mol. The van der Waals surface area contributed by atoms with Gasteiger partial charge >= 0.3 is 0 Å². The molecule has 0 aromatic carbocycles. The van der Waals surface area contributed by atoms with Crippen LogP contribution < -0.4 is 10.6 Å². The van der Waals surface area contributed by atoms with Gasteiger partial charge in [0.25, 0.3) is 0 Å². The van der Waals surface area contributed by atoms with Crippen LogP contribution in [-0.4, -0.2) is 30.1 Å². The van der Waals surface area contributed by atoms with Gasteiger partial charge in [0.15, 0.2) is 5.96 Å². The van der Waals surface area contributed by atoms with E-state index in [0.717, 1.165) is 44.0 Å².